The zero-order valence-electron chi connectivity index (χ0n) is 44.3. The first-order valence-electron chi connectivity index (χ1n) is 26.0. The molecule has 6 amide bonds. The molecule has 2 saturated heterocycles. The molecule has 27 heteroatoms. The lowest BCUT2D eigenvalue weighted by molar-refractivity contribution is -0.294. The van der Waals surface area contributed by atoms with E-state index in [2.05, 4.69) is 31.9 Å². The Hall–Kier alpha value is -5.50. The molecule has 11 atom stereocenters. The number of aliphatic hydroxyl groups excluding tert-OH is 6. The van der Waals surface area contributed by atoms with Crippen molar-refractivity contribution in [2.24, 2.45) is 5.73 Å². The van der Waals surface area contributed by atoms with Crippen molar-refractivity contribution in [1.29, 1.82) is 0 Å². The summed E-state index contributed by atoms with van der Waals surface area (Å²) in [5, 5.41) is 75.7. The Bertz CT molecular complexity index is 2170. The average molecular weight is 1110 g/mol. The van der Waals surface area contributed by atoms with Gasteiger partial charge in [0, 0.05) is 46.0 Å². The topological polar surface area (TPSA) is 396 Å². The van der Waals surface area contributed by atoms with Crippen molar-refractivity contribution in [2.45, 2.75) is 120 Å². The van der Waals surface area contributed by atoms with Gasteiger partial charge >= 0.3 is 0 Å². The Morgan fingerprint density at radius 3 is 1.65 bits per heavy atom. The van der Waals surface area contributed by atoms with Crippen molar-refractivity contribution in [3.8, 4) is 22.6 Å². The summed E-state index contributed by atoms with van der Waals surface area (Å²) >= 11 is 0. The number of amides is 6. The van der Waals surface area contributed by atoms with E-state index in [0.717, 1.165) is 12.8 Å². The lowest BCUT2D eigenvalue weighted by Gasteiger charge is -2.38. The molecule has 0 aliphatic carbocycles. The Balaban J connectivity index is 0.0000164. The van der Waals surface area contributed by atoms with Crippen molar-refractivity contribution in [3.05, 3.63) is 48.0 Å². The van der Waals surface area contributed by atoms with Crippen LogP contribution in [0.3, 0.4) is 0 Å². The summed E-state index contributed by atoms with van der Waals surface area (Å²) in [5.74, 6) is -2.20. The highest BCUT2D eigenvalue weighted by Crippen LogP contribution is 2.29. The molecule has 0 aromatic heterocycles. The molecule has 0 saturated carbocycles. The normalized spacial score (nSPS) is 23.4. The zero-order valence-corrected chi connectivity index (χ0v) is 44.3. The molecule has 2 aromatic carbocycles. The second-order valence-electron chi connectivity index (χ2n) is 18.4. The largest absolute Gasteiger partial charge is 0.484 e. The van der Waals surface area contributed by atoms with Gasteiger partial charge in [-0.25, -0.2) is 0 Å². The van der Waals surface area contributed by atoms with Crippen LogP contribution in [0.15, 0.2) is 42.5 Å². The highest BCUT2D eigenvalue weighted by molar-refractivity contribution is 5.98. The van der Waals surface area contributed by atoms with Crippen molar-refractivity contribution < 1.29 is 98.7 Å². The summed E-state index contributed by atoms with van der Waals surface area (Å²) in [5.41, 5.74) is 6.83. The van der Waals surface area contributed by atoms with Gasteiger partial charge < -0.3 is 101 Å². The van der Waals surface area contributed by atoms with Crippen LogP contribution >= 0.6 is 0 Å². The molecule has 4 rings (SSSR count). The fourth-order valence-electron chi connectivity index (χ4n) is 7.77. The number of nitrogens with one attached hydrogen (secondary N) is 6. The van der Waals surface area contributed by atoms with Crippen LogP contribution in [0.25, 0.3) is 11.1 Å². The maximum absolute atomic E-state index is 13.5. The van der Waals surface area contributed by atoms with E-state index in [0.29, 0.717) is 29.8 Å². The van der Waals surface area contributed by atoms with E-state index >= 15 is 0 Å². The highest BCUT2D eigenvalue weighted by atomic mass is 16.7. The Morgan fingerprint density at radius 2 is 1.10 bits per heavy atom. The zero-order chi connectivity index (χ0) is 57.0. The number of imide groups is 1. The molecule has 2 aliphatic heterocycles. The van der Waals surface area contributed by atoms with Crippen LogP contribution in [0.1, 0.15) is 64.2 Å². The first-order valence-corrected chi connectivity index (χ1v) is 26.0. The van der Waals surface area contributed by atoms with Gasteiger partial charge in [0.15, 0.2) is 25.8 Å². The predicted molar refractivity (Wildman–Crippen MR) is 277 cm³/mol. The van der Waals surface area contributed by atoms with E-state index in [1.807, 2.05) is 0 Å². The summed E-state index contributed by atoms with van der Waals surface area (Å²) in [6.07, 6.45) is -9.84. The maximum Gasteiger partial charge on any atom is 0.258 e. The van der Waals surface area contributed by atoms with Crippen molar-refractivity contribution in [2.75, 3.05) is 92.6 Å². The second kappa shape index (κ2) is 35.2. The van der Waals surface area contributed by atoms with Gasteiger partial charge in [0.25, 0.3) is 17.7 Å². The lowest BCUT2D eigenvalue weighted by atomic mass is 10.0. The van der Waals surface area contributed by atoms with E-state index in [-0.39, 0.29) is 110 Å². The number of rotatable bonds is 35. The molecule has 78 heavy (non-hydrogen) atoms. The van der Waals surface area contributed by atoms with Crippen LogP contribution < -0.4 is 47.1 Å². The fraction of sp³-hybridized carbons (Fsp3) is 0.647. The van der Waals surface area contributed by atoms with Gasteiger partial charge in [0.05, 0.1) is 57.9 Å². The fourth-order valence-corrected chi connectivity index (χ4v) is 7.77. The molecule has 27 nitrogen and oxygen atoms in total. The van der Waals surface area contributed by atoms with E-state index in [1.54, 1.807) is 50.4 Å². The second-order valence-corrected chi connectivity index (χ2v) is 18.4. The molecule has 0 radical (unpaired) electrons. The molecular formula is C51H81N7O20. The molecule has 2 aliphatic rings. The number of aliphatic hydroxyl groups is 6. The molecule has 0 bridgehead atoms. The van der Waals surface area contributed by atoms with E-state index in [9.17, 15) is 59.4 Å². The third kappa shape index (κ3) is 22.7. The van der Waals surface area contributed by atoms with E-state index in [4.69, 9.17) is 43.6 Å². The Kier molecular flexibility index (Phi) is 29.3. The number of likely N-dealkylation sites (N-methyl/N-ethyl adjacent to an activating group) is 1. The number of benzene rings is 2. The quantitative estimate of drug-likeness (QED) is 0.0301. The molecule has 0 unspecified atom stereocenters. The number of carbonyl (C=O) groups excluding carboxylic acids is 6. The van der Waals surface area contributed by atoms with E-state index < -0.39 is 104 Å². The first kappa shape index (κ1) is 65.0. The molecule has 14 N–H and O–H groups in total. The summed E-state index contributed by atoms with van der Waals surface area (Å²) in [7, 11) is 1.63. The average Bonchev–Trinajstić information content (AvgIpc) is 3.44. The van der Waals surface area contributed by atoms with Crippen LogP contribution in [0, 0.1) is 0 Å². The Morgan fingerprint density at radius 1 is 0.577 bits per heavy atom. The summed E-state index contributed by atoms with van der Waals surface area (Å²) in [4.78, 5) is 76.0. The van der Waals surface area contributed by atoms with Gasteiger partial charge in [-0.15, -0.1) is 0 Å². The number of hydrogen-bond donors (Lipinski definition) is 13. The molecule has 0 spiro atoms. The molecule has 440 valence electrons. The van der Waals surface area contributed by atoms with Crippen LogP contribution in [-0.4, -0.2) is 226 Å². The predicted octanol–water partition coefficient (Wildman–Crippen LogP) is -3.31. The van der Waals surface area contributed by atoms with Crippen molar-refractivity contribution in [1.82, 2.24) is 31.9 Å². The highest BCUT2D eigenvalue weighted by Gasteiger charge is 2.43. The number of hydrogen-bond acceptors (Lipinski definition) is 22. The van der Waals surface area contributed by atoms with Crippen molar-refractivity contribution in [3.63, 3.8) is 0 Å². The van der Waals surface area contributed by atoms with Gasteiger partial charge in [0.2, 0.25) is 17.7 Å². The summed E-state index contributed by atoms with van der Waals surface area (Å²) in [6.45, 7) is 3.63. The first-order chi connectivity index (χ1) is 37.4. The number of nitrogens with two attached hydrogens (primary N) is 1. The van der Waals surface area contributed by atoms with Crippen LogP contribution in [0.5, 0.6) is 11.5 Å². The standard InChI is InChI=1S/C51H79N7O20.H2/c1-30-42(63)44(65)46(67)50(77-30)73-23-21-71-19-17-55-40(61)28-75-35-12-10-32(11-13-35)33-25-34(48(69)57-16-15-54-38(59)8-6-9-39(60)58-49(70)37(53-3)7-4-5-14-52)27-36(26-33)76-29-41(62)56-18-20-72-22-24-74-51-47(68)45(66)43(64)31(2)78-51;/h10-13,25-27,30-31,37,42-47,50-51,53,63-68H,4-9,14-24,28-29,52H2,1-3H3,(H,54,59)(H,55,61)(H,56,62)(H,57,69)(H,58,60,70);1H/t30-,31-,37-,42-,43-,44+,45+,46+,47+,50+,51+;/m0./s1. The minimum absolute atomic E-state index is 0. The summed E-state index contributed by atoms with van der Waals surface area (Å²) < 4.78 is 44.0. The third-order valence-corrected chi connectivity index (χ3v) is 12.3. The Labute approximate surface area is 453 Å². The van der Waals surface area contributed by atoms with Crippen LogP contribution in [-0.2, 0) is 52.4 Å². The number of carbonyl (C=O) groups is 6. The van der Waals surface area contributed by atoms with Crippen molar-refractivity contribution >= 4 is 35.4 Å². The lowest BCUT2D eigenvalue weighted by Crippen LogP contribution is -2.57. The van der Waals surface area contributed by atoms with Crippen LogP contribution in [0.4, 0.5) is 0 Å². The number of unbranched alkanes of at least 4 members (excludes halogenated alkanes) is 1. The molecular weight excluding hydrogens is 1030 g/mol. The maximum atomic E-state index is 13.5. The SMILES string of the molecule is CN[C@@H](CCCCN)C(=O)NC(=O)CCCC(=O)NCCNC(=O)c1cc(OCC(=O)NCCOCCO[C@@H]2O[C@@H](C)[C@H](O)[C@@H](O)[C@H]2O)cc(-c2ccc(OCC(=O)NCCOCCO[C@@H]3O[C@@H](C)[C@H](O)[C@@H](O)[C@H]3O)cc2)c1.[HH]. The van der Waals surface area contributed by atoms with Gasteiger partial charge in [-0.1, -0.05) is 18.6 Å². The third-order valence-electron chi connectivity index (χ3n) is 12.3. The molecule has 2 heterocycles. The van der Waals surface area contributed by atoms with Gasteiger partial charge in [-0.05, 0) is 88.2 Å². The molecule has 2 aromatic rings. The van der Waals surface area contributed by atoms with E-state index in [1.165, 1.54) is 13.0 Å². The minimum Gasteiger partial charge on any atom is -0.484 e. The molecule has 2 fully saturated rings. The smallest absolute Gasteiger partial charge is 0.258 e. The summed E-state index contributed by atoms with van der Waals surface area (Å²) in [6, 6.07) is 10.8. The van der Waals surface area contributed by atoms with Crippen LogP contribution in [0.2, 0.25) is 0 Å². The minimum atomic E-state index is -1.45. The monoisotopic (exact) mass is 1110 g/mol. The van der Waals surface area contributed by atoms with Gasteiger partial charge in [0.1, 0.15) is 48.1 Å². The van der Waals surface area contributed by atoms with Gasteiger partial charge in [-0.2, -0.15) is 0 Å². The van der Waals surface area contributed by atoms with Gasteiger partial charge in [-0.3, -0.25) is 34.1 Å². The number of ether oxygens (including phenoxy) is 8.